The van der Waals surface area contributed by atoms with E-state index in [9.17, 15) is 48.3 Å². The monoisotopic (exact) mass is 1070 g/mol. The number of rotatable bonds is 19. The first-order valence-corrected chi connectivity index (χ1v) is 25.8. The van der Waals surface area contributed by atoms with E-state index in [0.29, 0.717) is 37.7 Å². The highest BCUT2D eigenvalue weighted by atomic mass is 16.3. The van der Waals surface area contributed by atoms with Crippen LogP contribution >= 0.6 is 0 Å². The Kier molecular flexibility index (Phi) is 29.7. The summed E-state index contributed by atoms with van der Waals surface area (Å²) in [7, 11) is 0. The first-order chi connectivity index (χ1) is 36.0. The van der Waals surface area contributed by atoms with Crippen molar-refractivity contribution < 1.29 is 48.3 Å². The number of carbonyl (C=O) groups is 9. The molecule has 1 saturated heterocycles. The number of nitrogens with one attached hydrogen (secondary N) is 7. The summed E-state index contributed by atoms with van der Waals surface area (Å²) in [5.74, 6) is -6.39. The Morgan fingerprint density at radius 2 is 1.24 bits per heavy atom. The van der Waals surface area contributed by atoms with Crippen LogP contribution in [0.25, 0.3) is 0 Å². The molecule has 0 saturated carbocycles. The van der Waals surface area contributed by atoms with Crippen molar-refractivity contribution in [1.82, 2.24) is 47.0 Å². The third-order valence-electron chi connectivity index (χ3n) is 12.0. The maximum atomic E-state index is 14.3. The number of urea groups is 1. The molecule has 0 aromatic heterocycles. The number of hydrogen-bond acceptors (Lipinski definition) is 14. The lowest BCUT2D eigenvalue weighted by Crippen LogP contribution is -2.61. The Hall–Kier alpha value is -7.49. The van der Waals surface area contributed by atoms with Gasteiger partial charge in [0.1, 0.15) is 36.0 Å². The number of amides is 10. The molecule has 0 radical (unpaired) electrons. The molecule has 76 heavy (non-hydrogen) atoms. The van der Waals surface area contributed by atoms with E-state index >= 15 is 0 Å². The molecule has 0 bridgehead atoms. The molecule has 0 spiro atoms. The molecule has 2 rings (SSSR count). The molecular weight excluding hydrogens is 989 g/mol. The number of benzene rings is 1. The van der Waals surface area contributed by atoms with E-state index in [2.05, 4.69) is 47.2 Å². The van der Waals surface area contributed by atoms with Crippen molar-refractivity contribution in [2.24, 2.45) is 56.0 Å². The molecule has 1 aromatic rings. The quantitative estimate of drug-likeness (QED) is 0.0353. The number of carbonyl (C=O) groups excluding carboxylic acids is 9. The van der Waals surface area contributed by atoms with Crippen molar-refractivity contribution in [3.05, 3.63) is 29.8 Å². The average molecular weight is 1070 g/mol. The Labute approximate surface area is 444 Å². The molecule has 1 aromatic carbocycles. The number of guanidine groups is 2. The number of phenolic OH excluding ortho intramolecular Hbond substituents is 1. The van der Waals surface area contributed by atoms with Crippen molar-refractivity contribution in [2.75, 3.05) is 58.9 Å². The Morgan fingerprint density at radius 3 is 1.83 bits per heavy atom. The lowest BCUT2D eigenvalue weighted by atomic mass is 10.0. The van der Waals surface area contributed by atoms with E-state index < -0.39 is 109 Å². The minimum absolute atomic E-state index is 0.0286. The molecule has 28 nitrogen and oxygen atoms in total. The fourth-order valence-corrected chi connectivity index (χ4v) is 7.88. The summed E-state index contributed by atoms with van der Waals surface area (Å²) >= 11 is 0. The molecule has 10 amide bonds. The van der Waals surface area contributed by atoms with Crippen LogP contribution in [0.15, 0.2) is 34.3 Å². The molecule has 0 aliphatic carbocycles. The van der Waals surface area contributed by atoms with Gasteiger partial charge in [-0.3, -0.25) is 48.3 Å². The Morgan fingerprint density at radius 1 is 0.684 bits per heavy atom. The number of nitrogens with zero attached hydrogens (tertiary/aromatic N) is 4. The SMILES string of the molecule is CCC[C@@H]1NC(=O)[C@H](CCCN=C(N)N)NC(=O)CN(C(=O)[C@@H](N)CCCN=C(N)N)CCCNC(=O)NCCCCN(CC(N)=O)C(=O)[C@H](CCC(C)C)NC(=O)[C@H](CN)NC(=O)[C@H](Cc2ccc(O)cc2)NC1=O. The van der Waals surface area contributed by atoms with Gasteiger partial charge in [-0.2, -0.15) is 0 Å². The van der Waals surface area contributed by atoms with Gasteiger partial charge in [-0.05, 0) is 87.8 Å². The topological polar surface area (TPSA) is 471 Å². The van der Waals surface area contributed by atoms with Crippen molar-refractivity contribution in [2.45, 2.75) is 134 Å². The number of hydrogen-bond donors (Lipinski definition) is 15. The molecule has 0 unspecified atom stereocenters. The molecule has 426 valence electrons. The molecule has 1 heterocycles. The third-order valence-corrected chi connectivity index (χ3v) is 12.0. The van der Waals surface area contributed by atoms with Crippen LogP contribution in [0.4, 0.5) is 4.79 Å². The average Bonchev–Trinajstić information content (AvgIpc) is 3.35. The van der Waals surface area contributed by atoms with Crippen molar-refractivity contribution >= 4 is 65.2 Å². The van der Waals surface area contributed by atoms with Gasteiger partial charge in [0.15, 0.2) is 11.9 Å². The molecule has 28 heteroatoms. The summed E-state index contributed by atoms with van der Waals surface area (Å²) < 4.78 is 0. The van der Waals surface area contributed by atoms with Gasteiger partial charge < -0.3 is 92.3 Å². The highest BCUT2D eigenvalue weighted by Gasteiger charge is 2.34. The number of aromatic hydroxyl groups is 1. The van der Waals surface area contributed by atoms with Crippen LogP contribution in [0.2, 0.25) is 0 Å². The van der Waals surface area contributed by atoms with E-state index in [-0.39, 0.29) is 108 Å². The van der Waals surface area contributed by atoms with E-state index in [1.165, 1.54) is 34.1 Å². The van der Waals surface area contributed by atoms with E-state index in [0.717, 1.165) is 0 Å². The highest BCUT2D eigenvalue weighted by molar-refractivity contribution is 5.97. The summed E-state index contributed by atoms with van der Waals surface area (Å²) in [5.41, 5.74) is 40.3. The van der Waals surface area contributed by atoms with Crippen LogP contribution in [-0.2, 0) is 44.8 Å². The summed E-state index contributed by atoms with van der Waals surface area (Å²) in [6.07, 6.45) is 2.34. The highest BCUT2D eigenvalue weighted by Crippen LogP contribution is 2.14. The lowest BCUT2D eigenvalue weighted by Gasteiger charge is -2.29. The minimum Gasteiger partial charge on any atom is -0.508 e. The predicted octanol–water partition coefficient (Wildman–Crippen LogP) is -4.39. The van der Waals surface area contributed by atoms with Gasteiger partial charge in [0.25, 0.3) is 0 Å². The second-order valence-electron chi connectivity index (χ2n) is 19.0. The van der Waals surface area contributed by atoms with Crippen LogP contribution in [0.3, 0.4) is 0 Å². The molecule has 1 fully saturated rings. The van der Waals surface area contributed by atoms with E-state index in [1.54, 1.807) is 6.92 Å². The van der Waals surface area contributed by atoms with Gasteiger partial charge in [0.05, 0.1) is 19.1 Å². The number of nitrogens with two attached hydrogens (primary N) is 7. The summed E-state index contributed by atoms with van der Waals surface area (Å²) in [4.78, 5) is 134. The maximum absolute atomic E-state index is 14.3. The Balaban J connectivity index is 2.66. The summed E-state index contributed by atoms with van der Waals surface area (Å²) in [6.45, 7) is 4.57. The van der Waals surface area contributed by atoms with Crippen LogP contribution in [0.5, 0.6) is 5.75 Å². The van der Waals surface area contributed by atoms with Crippen LogP contribution in [-0.4, -0.2) is 175 Å². The van der Waals surface area contributed by atoms with E-state index in [1.807, 2.05) is 13.8 Å². The minimum atomic E-state index is -1.44. The second kappa shape index (κ2) is 34.9. The smallest absolute Gasteiger partial charge is 0.314 e. The van der Waals surface area contributed by atoms with Crippen LogP contribution in [0, 0.1) is 5.92 Å². The maximum Gasteiger partial charge on any atom is 0.314 e. The fraction of sp³-hybridized carbons (Fsp3) is 0.646. The molecule has 22 N–H and O–H groups in total. The molecule has 1 aliphatic heterocycles. The predicted molar refractivity (Wildman–Crippen MR) is 285 cm³/mol. The summed E-state index contributed by atoms with van der Waals surface area (Å²) in [6, 6.07) is -2.44. The zero-order valence-corrected chi connectivity index (χ0v) is 44.2. The molecule has 6 atom stereocenters. The standard InChI is InChI=1S/C48H84N18O10/c1-4-10-33-40(70)63-36(25-30-14-16-31(67)17-15-30)42(72)64-37(26-49)43(73)62-35(18-13-29(2)3)45(75)65(27-38(51)68)23-6-5-19-58-48(76)59-22-9-24-66(44(74)32(50)11-7-20-56-46(52)53)28-39(69)60-34(41(71)61-33)12-8-21-57-47(54)55/h14-17,29,32-37,67H,4-13,18-28,49-50H2,1-3H3,(H2,51,68)(H,60,69)(H,61,71)(H,62,73)(H,63,70)(H,64,72)(H4,52,53,56)(H4,54,55,57)(H2,58,59,76)/t32-,33-,34-,35-,36-,37-/m0/s1. The van der Waals surface area contributed by atoms with Gasteiger partial charge in [-0.25, -0.2) is 4.79 Å². The zero-order chi connectivity index (χ0) is 56.7. The second-order valence-corrected chi connectivity index (χ2v) is 19.0. The zero-order valence-electron chi connectivity index (χ0n) is 44.2. The largest absolute Gasteiger partial charge is 0.508 e. The number of primary amides is 1. The molecule has 1 aliphatic rings. The van der Waals surface area contributed by atoms with Crippen molar-refractivity contribution in [1.29, 1.82) is 0 Å². The van der Waals surface area contributed by atoms with Crippen molar-refractivity contribution in [3.63, 3.8) is 0 Å². The van der Waals surface area contributed by atoms with Gasteiger partial charge >= 0.3 is 6.03 Å². The third kappa shape index (κ3) is 25.6. The summed E-state index contributed by atoms with van der Waals surface area (Å²) in [5, 5.41) is 28.7. The Bertz CT molecular complexity index is 2120. The molecular formula is C48H84N18O10. The first-order valence-electron chi connectivity index (χ1n) is 25.8. The number of aliphatic imine (C=N–C) groups is 2. The van der Waals surface area contributed by atoms with E-state index in [4.69, 9.17) is 40.1 Å². The van der Waals surface area contributed by atoms with Crippen molar-refractivity contribution in [3.8, 4) is 5.75 Å². The van der Waals surface area contributed by atoms with Crippen LogP contribution in [0.1, 0.15) is 97.0 Å². The fourth-order valence-electron chi connectivity index (χ4n) is 7.88. The van der Waals surface area contributed by atoms with Gasteiger partial charge in [0.2, 0.25) is 47.3 Å². The normalized spacial score (nSPS) is 21.1. The van der Waals surface area contributed by atoms with Gasteiger partial charge in [-0.15, -0.1) is 0 Å². The van der Waals surface area contributed by atoms with Crippen LogP contribution < -0.4 is 77.4 Å². The first kappa shape index (κ1) is 64.6. The lowest BCUT2D eigenvalue weighted by molar-refractivity contribution is -0.140. The van der Waals surface area contributed by atoms with Gasteiger partial charge in [-0.1, -0.05) is 39.3 Å². The number of phenols is 1. The van der Waals surface area contributed by atoms with Gasteiger partial charge in [0, 0.05) is 52.2 Å².